The molecule has 0 unspecified atom stereocenters. The number of rotatable bonds is 6. The van der Waals surface area contributed by atoms with Gasteiger partial charge in [-0.25, -0.2) is 4.39 Å². The molecule has 2 aliphatic rings. The second-order valence-electron chi connectivity index (χ2n) is 9.05. The van der Waals surface area contributed by atoms with Crippen molar-refractivity contribution in [3.05, 3.63) is 91.9 Å². The number of ether oxygens (including phenoxy) is 1. The fourth-order valence-corrected chi connectivity index (χ4v) is 5.60. The standard InChI is InChI=1S/C27H25FN4O5S/c1-17-13-20(14-25-26(33)30(27(34)38-25)16-19-5-3-4-6-22(19)28)18(2)31(17)21-7-8-23(24(15-21)32(35)36)29-9-11-37-12-10-29/h3-8,13-15H,9-12,16H2,1-2H3/b25-14-. The first-order chi connectivity index (χ1) is 18.2. The quantitative estimate of drug-likeness (QED) is 0.242. The van der Waals surface area contributed by atoms with Crippen LogP contribution in [0.4, 0.5) is 20.6 Å². The molecule has 0 radical (unpaired) electrons. The van der Waals surface area contributed by atoms with E-state index in [1.807, 2.05) is 35.4 Å². The van der Waals surface area contributed by atoms with E-state index in [9.17, 15) is 24.1 Å². The summed E-state index contributed by atoms with van der Waals surface area (Å²) in [5.74, 6) is -0.966. The average Bonchev–Trinajstić information content (AvgIpc) is 3.34. The molecule has 11 heteroatoms. The van der Waals surface area contributed by atoms with Gasteiger partial charge in [-0.1, -0.05) is 18.2 Å². The second-order valence-corrected chi connectivity index (χ2v) is 10.0. The smallest absolute Gasteiger partial charge is 0.294 e. The Morgan fingerprint density at radius 1 is 1.11 bits per heavy atom. The number of hydrogen-bond acceptors (Lipinski definition) is 7. The van der Waals surface area contributed by atoms with Gasteiger partial charge in [0.25, 0.3) is 16.8 Å². The zero-order chi connectivity index (χ0) is 27.0. The van der Waals surface area contributed by atoms with Crippen molar-refractivity contribution in [2.45, 2.75) is 20.4 Å². The van der Waals surface area contributed by atoms with E-state index >= 15 is 0 Å². The van der Waals surface area contributed by atoms with E-state index in [2.05, 4.69) is 0 Å². The van der Waals surface area contributed by atoms with Gasteiger partial charge >= 0.3 is 0 Å². The average molecular weight is 537 g/mol. The number of morpholine rings is 1. The molecule has 2 amide bonds. The third kappa shape index (κ3) is 4.82. The minimum atomic E-state index is -0.487. The number of anilines is 1. The normalized spacial score (nSPS) is 17.1. The molecule has 9 nitrogen and oxygen atoms in total. The number of thioether (sulfide) groups is 1. The summed E-state index contributed by atoms with van der Waals surface area (Å²) < 4.78 is 21.3. The van der Waals surface area contributed by atoms with Crippen molar-refractivity contribution in [3.8, 4) is 5.69 Å². The number of benzene rings is 2. The Labute approximate surface area is 222 Å². The zero-order valence-electron chi connectivity index (χ0n) is 20.8. The van der Waals surface area contributed by atoms with E-state index in [0.717, 1.165) is 28.0 Å². The second kappa shape index (κ2) is 10.4. The van der Waals surface area contributed by atoms with Crippen LogP contribution in [0.25, 0.3) is 11.8 Å². The Balaban J connectivity index is 1.45. The molecule has 3 heterocycles. The van der Waals surface area contributed by atoms with E-state index in [1.54, 1.807) is 36.4 Å². The summed E-state index contributed by atoms with van der Waals surface area (Å²) in [6.45, 7) is 5.77. The summed E-state index contributed by atoms with van der Waals surface area (Å²) in [5.41, 5.74) is 3.72. The van der Waals surface area contributed by atoms with Crippen molar-refractivity contribution in [1.29, 1.82) is 0 Å². The number of nitrogens with zero attached hydrogens (tertiary/aromatic N) is 4. The molecule has 0 aliphatic carbocycles. The number of aryl methyl sites for hydroxylation is 1. The molecule has 0 bridgehead atoms. The number of nitro groups is 1. The Bertz CT molecular complexity index is 1480. The maximum absolute atomic E-state index is 14.1. The molecule has 0 atom stereocenters. The van der Waals surface area contributed by atoms with Crippen molar-refractivity contribution >= 4 is 40.4 Å². The summed E-state index contributed by atoms with van der Waals surface area (Å²) in [4.78, 5) is 40.3. The molecule has 2 aliphatic heterocycles. The molecule has 2 saturated heterocycles. The summed E-state index contributed by atoms with van der Waals surface area (Å²) >= 11 is 0.807. The lowest BCUT2D eigenvalue weighted by molar-refractivity contribution is -0.384. The molecule has 0 spiro atoms. The maximum atomic E-state index is 14.1. The van der Waals surface area contributed by atoms with Crippen molar-refractivity contribution in [1.82, 2.24) is 9.47 Å². The van der Waals surface area contributed by atoms with Crippen LogP contribution in [0.1, 0.15) is 22.5 Å². The molecule has 2 aromatic carbocycles. The monoisotopic (exact) mass is 536 g/mol. The van der Waals surface area contributed by atoms with Crippen LogP contribution in [0, 0.1) is 29.8 Å². The van der Waals surface area contributed by atoms with E-state index in [0.29, 0.717) is 43.2 Å². The van der Waals surface area contributed by atoms with Crippen LogP contribution in [0.3, 0.4) is 0 Å². The van der Waals surface area contributed by atoms with Crippen molar-refractivity contribution < 1.29 is 23.6 Å². The largest absolute Gasteiger partial charge is 0.378 e. The summed E-state index contributed by atoms with van der Waals surface area (Å²) in [6.07, 6.45) is 1.64. The third-order valence-electron chi connectivity index (χ3n) is 6.68. The minimum Gasteiger partial charge on any atom is -0.378 e. The van der Waals surface area contributed by atoms with Gasteiger partial charge in [-0.05, 0) is 61.5 Å². The Kier molecular flexibility index (Phi) is 7.04. The van der Waals surface area contributed by atoms with Gasteiger partial charge in [0.1, 0.15) is 11.5 Å². The highest BCUT2D eigenvalue weighted by atomic mass is 32.2. The van der Waals surface area contributed by atoms with Crippen LogP contribution in [0.15, 0.2) is 53.4 Å². The van der Waals surface area contributed by atoms with Crippen LogP contribution in [-0.4, -0.2) is 51.8 Å². The number of aromatic nitrogens is 1. The number of carbonyl (C=O) groups is 2. The lowest BCUT2D eigenvalue weighted by Gasteiger charge is -2.28. The lowest BCUT2D eigenvalue weighted by Crippen LogP contribution is -2.36. The first-order valence-electron chi connectivity index (χ1n) is 12.0. The Morgan fingerprint density at radius 3 is 2.55 bits per heavy atom. The summed E-state index contributed by atoms with van der Waals surface area (Å²) in [6, 6.07) is 13.0. The highest BCUT2D eigenvalue weighted by molar-refractivity contribution is 8.18. The first-order valence-corrected chi connectivity index (χ1v) is 12.9. The number of hydrogen-bond donors (Lipinski definition) is 0. The minimum absolute atomic E-state index is 0.00714. The van der Waals surface area contributed by atoms with Crippen LogP contribution in [0.5, 0.6) is 0 Å². The van der Waals surface area contributed by atoms with Crippen LogP contribution < -0.4 is 4.90 Å². The van der Waals surface area contributed by atoms with Gasteiger partial charge in [-0.2, -0.15) is 0 Å². The highest BCUT2D eigenvalue weighted by Gasteiger charge is 2.35. The van der Waals surface area contributed by atoms with Gasteiger partial charge in [-0.15, -0.1) is 0 Å². The molecule has 38 heavy (non-hydrogen) atoms. The predicted molar refractivity (Wildman–Crippen MR) is 143 cm³/mol. The molecule has 0 N–H and O–H groups in total. The Hall–Kier alpha value is -3.96. The maximum Gasteiger partial charge on any atom is 0.294 e. The molecule has 2 fully saturated rings. The van der Waals surface area contributed by atoms with E-state index < -0.39 is 17.0 Å². The molecule has 1 aromatic heterocycles. The molecule has 5 rings (SSSR count). The molecular formula is C27H25FN4O5S. The molecule has 0 saturated carbocycles. The highest BCUT2D eigenvalue weighted by Crippen LogP contribution is 2.36. The van der Waals surface area contributed by atoms with Crippen molar-refractivity contribution in [3.63, 3.8) is 0 Å². The predicted octanol–water partition coefficient (Wildman–Crippen LogP) is 5.21. The van der Waals surface area contributed by atoms with Gasteiger partial charge < -0.3 is 14.2 Å². The third-order valence-corrected chi connectivity index (χ3v) is 7.59. The van der Waals surface area contributed by atoms with Gasteiger partial charge in [0.15, 0.2) is 0 Å². The lowest BCUT2D eigenvalue weighted by atomic mass is 10.2. The van der Waals surface area contributed by atoms with E-state index in [4.69, 9.17) is 4.74 Å². The number of amides is 2. The van der Waals surface area contributed by atoms with Crippen molar-refractivity contribution in [2.75, 3.05) is 31.2 Å². The zero-order valence-corrected chi connectivity index (χ0v) is 21.7. The summed E-state index contributed by atoms with van der Waals surface area (Å²) in [7, 11) is 0. The molecular weight excluding hydrogens is 511 g/mol. The van der Waals surface area contributed by atoms with Crippen LogP contribution in [-0.2, 0) is 16.1 Å². The Morgan fingerprint density at radius 2 is 1.84 bits per heavy atom. The van der Waals surface area contributed by atoms with E-state index in [-0.39, 0.29) is 27.6 Å². The topological polar surface area (TPSA) is 97.9 Å². The summed E-state index contributed by atoms with van der Waals surface area (Å²) in [5, 5.41) is 11.5. The van der Waals surface area contributed by atoms with Gasteiger partial charge in [0, 0.05) is 36.1 Å². The van der Waals surface area contributed by atoms with Crippen LogP contribution in [0.2, 0.25) is 0 Å². The SMILES string of the molecule is Cc1cc(/C=C2\SC(=O)N(Cc3ccccc3F)C2=O)c(C)n1-c1ccc(N2CCOCC2)c([N+](=O)[O-])c1. The van der Waals surface area contributed by atoms with Gasteiger partial charge in [-0.3, -0.25) is 24.6 Å². The first kappa shape index (κ1) is 25.7. The van der Waals surface area contributed by atoms with Crippen LogP contribution >= 0.6 is 11.8 Å². The van der Waals surface area contributed by atoms with Gasteiger partial charge in [0.05, 0.1) is 35.3 Å². The van der Waals surface area contributed by atoms with Gasteiger partial charge in [0.2, 0.25) is 0 Å². The van der Waals surface area contributed by atoms with Crippen molar-refractivity contribution in [2.24, 2.45) is 0 Å². The fraction of sp³-hybridized carbons (Fsp3) is 0.259. The molecule has 196 valence electrons. The number of imide groups is 1. The molecule has 3 aromatic rings. The van der Waals surface area contributed by atoms with E-state index in [1.165, 1.54) is 6.07 Å². The number of nitro benzene ring substituents is 1. The number of halogens is 1. The fourth-order valence-electron chi connectivity index (χ4n) is 4.77. The number of carbonyl (C=O) groups excluding carboxylic acids is 2.